The summed E-state index contributed by atoms with van der Waals surface area (Å²) in [5, 5.41) is 7.37. The van der Waals surface area contributed by atoms with E-state index >= 15 is 0 Å². The molecule has 0 fully saturated rings. The molecule has 2 aromatic rings. The predicted octanol–water partition coefficient (Wildman–Crippen LogP) is 3.90. The number of thiazole rings is 1. The fraction of sp³-hybridized carbons (Fsp3) is 0.450. The van der Waals surface area contributed by atoms with Gasteiger partial charge in [0, 0.05) is 30.6 Å². The number of aliphatic imine (C=N–C) groups is 1. The summed E-state index contributed by atoms with van der Waals surface area (Å²) in [6, 6.07) is 7.25. The fourth-order valence-corrected chi connectivity index (χ4v) is 3.38. The average molecular weight is 442 g/mol. The Kier molecular flexibility index (Phi) is 8.64. The first-order valence-electron chi connectivity index (χ1n) is 9.70. The summed E-state index contributed by atoms with van der Waals surface area (Å²) in [7, 11) is 0. The summed E-state index contributed by atoms with van der Waals surface area (Å²) in [4.78, 5) is 22.2. The maximum absolute atomic E-state index is 12.7. The number of amides is 1. The van der Waals surface area contributed by atoms with Crippen molar-refractivity contribution in [3.8, 4) is 0 Å². The minimum absolute atomic E-state index is 0.00766. The van der Waals surface area contributed by atoms with E-state index in [0.29, 0.717) is 42.7 Å². The van der Waals surface area contributed by atoms with Gasteiger partial charge in [0.2, 0.25) is 0 Å². The number of nitrogens with one attached hydrogen (secondary N) is 2. The summed E-state index contributed by atoms with van der Waals surface area (Å²) in [6.45, 7) is 8.20. The lowest BCUT2D eigenvalue weighted by molar-refractivity contribution is -0.140. The van der Waals surface area contributed by atoms with Crippen LogP contribution in [0.2, 0.25) is 0 Å². The highest BCUT2D eigenvalue weighted by Crippen LogP contribution is 2.29. The third kappa shape index (κ3) is 6.72. The first-order valence-corrected chi connectivity index (χ1v) is 10.6. The Morgan fingerprint density at radius 3 is 2.33 bits per heavy atom. The zero-order valence-corrected chi connectivity index (χ0v) is 18.0. The first kappa shape index (κ1) is 23.7. The van der Waals surface area contributed by atoms with Crippen LogP contribution >= 0.6 is 11.3 Å². The van der Waals surface area contributed by atoms with Gasteiger partial charge in [-0.1, -0.05) is 12.1 Å². The van der Waals surface area contributed by atoms with Gasteiger partial charge in [0.25, 0.3) is 5.91 Å². The molecule has 0 saturated carbocycles. The van der Waals surface area contributed by atoms with Gasteiger partial charge in [-0.3, -0.25) is 4.79 Å². The zero-order valence-electron chi connectivity index (χ0n) is 17.2. The zero-order chi connectivity index (χ0) is 22.1. The molecule has 1 amide bonds. The van der Waals surface area contributed by atoms with Crippen LogP contribution in [0.1, 0.15) is 47.4 Å². The van der Waals surface area contributed by atoms with Crippen LogP contribution < -0.4 is 10.6 Å². The second-order valence-electron chi connectivity index (χ2n) is 6.35. The van der Waals surface area contributed by atoms with Crippen LogP contribution in [0.3, 0.4) is 0 Å². The van der Waals surface area contributed by atoms with Crippen molar-refractivity contribution in [2.24, 2.45) is 4.99 Å². The molecule has 1 aromatic heterocycles. The van der Waals surface area contributed by atoms with Crippen LogP contribution in [0.5, 0.6) is 0 Å². The molecule has 10 heteroatoms. The van der Waals surface area contributed by atoms with Crippen LogP contribution in [-0.4, -0.2) is 41.4 Å². The summed E-state index contributed by atoms with van der Waals surface area (Å²) in [5.74, 6) is 0.469. The van der Waals surface area contributed by atoms with Gasteiger partial charge in [-0.05, 0) is 38.5 Å². The third-order valence-electron chi connectivity index (χ3n) is 4.26. The van der Waals surface area contributed by atoms with E-state index in [-0.39, 0.29) is 12.5 Å². The molecule has 0 atom stereocenters. The number of guanidine groups is 1. The Morgan fingerprint density at radius 2 is 1.80 bits per heavy atom. The molecule has 0 aliphatic carbocycles. The van der Waals surface area contributed by atoms with E-state index in [4.69, 9.17) is 0 Å². The Balaban J connectivity index is 1.98. The van der Waals surface area contributed by atoms with E-state index in [1.54, 1.807) is 17.0 Å². The van der Waals surface area contributed by atoms with Crippen molar-refractivity contribution in [3.05, 3.63) is 51.5 Å². The van der Waals surface area contributed by atoms with Crippen LogP contribution in [0.4, 0.5) is 13.2 Å². The molecule has 2 N–H and O–H groups in total. The van der Waals surface area contributed by atoms with E-state index in [1.807, 2.05) is 32.9 Å². The smallest absolute Gasteiger partial charge is 0.357 e. The second-order valence-corrected chi connectivity index (χ2v) is 7.29. The van der Waals surface area contributed by atoms with E-state index in [1.165, 1.54) is 0 Å². The fourth-order valence-electron chi connectivity index (χ4n) is 2.64. The molecule has 1 heterocycles. The molecule has 0 unspecified atom stereocenters. The van der Waals surface area contributed by atoms with Gasteiger partial charge >= 0.3 is 6.18 Å². The van der Waals surface area contributed by atoms with Gasteiger partial charge in [0.15, 0.2) is 11.7 Å². The molecule has 0 radical (unpaired) electrons. The summed E-state index contributed by atoms with van der Waals surface area (Å²) < 4.78 is 38.0. The van der Waals surface area contributed by atoms with Crippen molar-refractivity contribution in [3.63, 3.8) is 0 Å². The largest absolute Gasteiger partial charge is 0.434 e. The van der Waals surface area contributed by atoms with Crippen molar-refractivity contribution in [1.82, 2.24) is 20.5 Å². The lowest BCUT2D eigenvalue weighted by Crippen LogP contribution is -2.36. The molecule has 0 spiro atoms. The van der Waals surface area contributed by atoms with Crippen molar-refractivity contribution in [2.45, 2.75) is 40.0 Å². The van der Waals surface area contributed by atoms with Crippen LogP contribution in [0, 0.1) is 0 Å². The standard InChI is InChI=1S/C20H26F3N5OS/c1-4-24-19(26-12-17-27-16(13-30-17)20(21,22)23)25-11-14-7-9-15(10-8-14)18(29)28(5-2)6-3/h7-10,13H,4-6,11-12H2,1-3H3,(H2,24,25,26). The number of rotatable bonds is 8. The molecule has 164 valence electrons. The summed E-state index contributed by atoms with van der Waals surface area (Å²) in [5.41, 5.74) is 0.656. The molecule has 0 aliphatic heterocycles. The molecule has 0 bridgehead atoms. The molecular weight excluding hydrogens is 415 g/mol. The summed E-state index contributed by atoms with van der Waals surface area (Å²) in [6.07, 6.45) is -4.44. The maximum Gasteiger partial charge on any atom is 0.434 e. The number of nitrogens with zero attached hydrogens (tertiary/aromatic N) is 3. The van der Waals surface area contributed by atoms with E-state index in [2.05, 4.69) is 20.6 Å². The molecule has 2 rings (SSSR count). The number of hydrogen-bond donors (Lipinski definition) is 2. The van der Waals surface area contributed by atoms with Gasteiger partial charge in [0.1, 0.15) is 5.01 Å². The Labute approximate surface area is 178 Å². The minimum atomic E-state index is -4.44. The van der Waals surface area contributed by atoms with Crippen LogP contribution in [0.25, 0.3) is 0 Å². The molecule has 30 heavy (non-hydrogen) atoms. The third-order valence-corrected chi connectivity index (χ3v) is 5.11. The van der Waals surface area contributed by atoms with Gasteiger partial charge in [0.05, 0.1) is 13.1 Å². The Hall–Kier alpha value is -2.62. The number of hydrogen-bond acceptors (Lipinski definition) is 4. The van der Waals surface area contributed by atoms with Crippen molar-refractivity contribution in [2.75, 3.05) is 19.6 Å². The second kappa shape index (κ2) is 11.0. The highest BCUT2D eigenvalue weighted by molar-refractivity contribution is 7.09. The molecule has 1 aromatic carbocycles. The summed E-state index contributed by atoms with van der Waals surface area (Å²) >= 11 is 0.949. The Morgan fingerprint density at radius 1 is 1.13 bits per heavy atom. The van der Waals surface area contributed by atoms with Gasteiger partial charge < -0.3 is 15.5 Å². The van der Waals surface area contributed by atoms with E-state index in [0.717, 1.165) is 22.3 Å². The molecule has 0 saturated heterocycles. The first-order chi connectivity index (χ1) is 14.3. The average Bonchev–Trinajstić information content (AvgIpc) is 3.21. The molecule has 0 aliphatic rings. The highest BCUT2D eigenvalue weighted by atomic mass is 32.1. The number of carbonyl (C=O) groups is 1. The van der Waals surface area contributed by atoms with E-state index < -0.39 is 11.9 Å². The molecular formula is C20H26F3N5OS. The predicted molar refractivity (Wildman–Crippen MR) is 112 cm³/mol. The normalized spacial score (nSPS) is 12.0. The number of benzene rings is 1. The van der Waals surface area contributed by atoms with Crippen molar-refractivity contribution < 1.29 is 18.0 Å². The topological polar surface area (TPSA) is 69.6 Å². The lowest BCUT2D eigenvalue weighted by Gasteiger charge is -2.18. The van der Waals surface area contributed by atoms with Crippen molar-refractivity contribution >= 4 is 23.2 Å². The van der Waals surface area contributed by atoms with Crippen LogP contribution in [0.15, 0.2) is 34.6 Å². The van der Waals surface area contributed by atoms with Crippen LogP contribution in [-0.2, 0) is 19.3 Å². The van der Waals surface area contributed by atoms with Gasteiger partial charge in [-0.25, -0.2) is 9.98 Å². The van der Waals surface area contributed by atoms with E-state index in [9.17, 15) is 18.0 Å². The lowest BCUT2D eigenvalue weighted by atomic mass is 10.1. The number of halogens is 3. The highest BCUT2D eigenvalue weighted by Gasteiger charge is 2.33. The van der Waals surface area contributed by atoms with Gasteiger partial charge in [-0.15, -0.1) is 11.3 Å². The minimum Gasteiger partial charge on any atom is -0.357 e. The van der Waals surface area contributed by atoms with Gasteiger partial charge in [-0.2, -0.15) is 13.2 Å². The monoisotopic (exact) mass is 441 g/mol. The quantitative estimate of drug-likeness (QED) is 0.482. The maximum atomic E-state index is 12.7. The number of aromatic nitrogens is 1. The SMILES string of the molecule is CCNC(=NCc1ccc(C(=O)N(CC)CC)cc1)NCc1nc(C(F)(F)F)cs1. The molecule has 6 nitrogen and oxygen atoms in total. The van der Waals surface area contributed by atoms with Crippen molar-refractivity contribution in [1.29, 1.82) is 0 Å². The number of carbonyl (C=O) groups excluding carboxylic acids is 1. The Bertz CT molecular complexity index is 845. The number of alkyl halides is 3.